The van der Waals surface area contributed by atoms with Gasteiger partial charge < -0.3 is 19.9 Å². The summed E-state index contributed by atoms with van der Waals surface area (Å²) in [6, 6.07) is 7.78. The normalized spacial score (nSPS) is 19.6. The maximum atomic E-state index is 12.9. The third kappa shape index (κ3) is 5.56. The molecule has 0 radical (unpaired) electrons. The molecule has 0 spiro atoms. The molecule has 1 saturated heterocycles. The Morgan fingerprint density at radius 3 is 2.39 bits per heavy atom. The molecule has 0 aromatic heterocycles. The highest BCUT2D eigenvalue weighted by atomic mass is 32.2. The Labute approximate surface area is 173 Å². The van der Waals surface area contributed by atoms with Crippen molar-refractivity contribution in [2.75, 3.05) is 26.7 Å². The number of benzene rings is 1. The van der Waals surface area contributed by atoms with Crippen LogP contribution in [-0.4, -0.2) is 59.3 Å². The Balaban J connectivity index is 2.12. The maximum Gasteiger partial charge on any atom is 0.317 e. The van der Waals surface area contributed by atoms with E-state index in [1.165, 1.54) is 0 Å². The molecule has 3 amide bonds. The van der Waals surface area contributed by atoms with Gasteiger partial charge in [0.1, 0.15) is 11.1 Å². The van der Waals surface area contributed by atoms with Crippen molar-refractivity contribution in [1.29, 1.82) is 0 Å². The number of carbonyl (C=O) groups is 2. The van der Waals surface area contributed by atoms with Gasteiger partial charge in [0, 0.05) is 25.2 Å². The van der Waals surface area contributed by atoms with Gasteiger partial charge in [0.2, 0.25) is 5.91 Å². The summed E-state index contributed by atoms with van der Waals surface area (Å²) in [6.45, 7) is 11.5. The van der Waals surface area contributed by atoms with Crippen LogP contribution in [0.1, 0.15) is 52.0 Å². The summed E-state index contributed by atoms with van der Waals surface area (Å²) >= 11 is 1.69. The zero-order chi connectivity index (χ0) is 20.9. The molecule has 0 unspecified atom stereocenters. The molecule has 156 valence electrons. The van der Waals surface area contributed by atoms with Crippen LogP contribution < -0.4 is 10.1 Å². The van der Waals surface area contributed by atoms with Crippen LogP contribution in [0, 0.1) is 0 Å². The summed E-state index contributed by atoms with van der Waals surface area (Å²) < 4.78 is 5.24. The van der Waals surface area contributed by atoms with Crippen molar-refractivity contribution in [3.63, 3.8) is 0 Å². The molecule has 0 aliphatic carbocycles. The van der Waals surface area contributed by atoms with E-state index in [9.17, 15) is 9.59 Å². The number of nitrogens with zero attached hydrogens (tertiary/aromatic N) is 2. The first kappa shape index (κ1) is 22.4. The van der Waals surface area contributed by atoms with Crippen LogP contribution in [-0.2, 0) is 4.79 Å². The zero-order valence-electron chi connectivity index (χ0n) is 17.8. The van der Waals surface area contributed by atoms with Crippen molar-refractivity contribution >= 4 is 23.7 Å². The second-order valence-electron chi connectivity index (χ2n) is 7.95. The van der Waals surface area contributed by atoms with E-state index >= 15 is 0 Å². The molecule has 0 bridgehead atoms. The predicted molar refractivity (Wildman–Crippen MR) is 115 cm³/mol. The topological polar surface area (TPSA) is 61.9 Å². The van der Waals surface area contributed by atoms with E-state index < -0.39 is 0 Å². The van der Waals surface area contributed by atoms with Gasteiger partial charge in [0.15, 0.2) is 0 Å². The lowest BCUT2D eigenvalue weighted by atomic mass is 10.1. The molecule has 6 nitrogen and oxygen atoms in total. The molecule has 7 heteroatoms. The molecule has 1 aromatic carbocycles. The average molecular weight is 408 g/mol. The molecule has 1 heterocycles. The molecule has 1 aliphatic heterocycles. The maximum absolute atomic E-state index is 12.9. The lowest BCUT2D eigenvalue weighted by molar-refractivity contribution is -0.130. The molecule has 1 aliphatic rings. The van der Waals surface area contributed by atoms with Gasteiger partial charge in [-0.05, 0) is 51.8 Å². The van der Waals surface area contributed by atoms with Crippen LogP contribution in [0.4, 0.5) is 4.79 Å². The third-order valence-electron chi connectivity index (χ3n) is 4.67. The molecular weight excluding hydrogens is 374 g/mol. The molecule has 1 N–H and O–H groups in total. The zero-order valence-corrected chi connectivity index (χ0v) is 18.6. The Hall–Kier alpha value is -1.89. The van der Waals surface area contributed by atoms with Crippen molar-refractivity contribution in [2.24, 2.45) is 0 Å². The fourth-order valence-corrected chi connectivity index (χ4v) is 4.57. The number of thioether (sulfide) groups is 1. The highest BCUT2D eigenvalue weighted by molar-refractivity contribution is 8.01. The largest absolute Gasteiger partial charge is 0.497 e. The number of nitrogens with one attached hydrogen (secondary N) is 1. The minimum absolute atomic E-state index is 0.0345. The molecule has 1 aromatic rings. The SMILES string of the molecule is CC[C@H]1S[C@H](c2ccc(OC)cc2)N(CCN(CC)C(=O)NC(C)(C)C)C1=O. The lowest BCUT2D eigenvalue weighted by Gasteiger charge is -2.30. The molecular formula is C21H33N3O3S. The number of urea groups is 1. The van der Waals surface area contributed by atoms with E-state index in [-0.39, 0.29) is 28.1 Å². The smallest absolute Gasteiger partial charge is 0.317 e. The van der Waals surface area contributed by atoms with E-state index in [1.807, 2.05) is 63.8 Å². The summed E-state index contributed by atoms with van der Waals surface area (Å²) in [7, 11) is 1.64. The first-order valence-corrected chi connectivity index (χ1v) is 10.8. The van der Waals surface area contributed by atoms with Crippen LogP contribution in [0.2, 0.25) is 0 Å². The quantitative estimate of drug-likeness (QED) is 0.745. The Kier molecular flexibility index (Phi) is 7.63. The van der Waals surface area contributed by atoms with Gasteiger partial charge in [0.05, 0.1) is 12.4 Å². The Bertz CT molecular complexity index is 672. The summed E-state index contributed by atoms with van der Waals surface area (Å²) in [4.78, 5) is 29.1. The second kappa shape index (κ2) is 9.54. The number of hydrogen-bond acceptors (Lipinski definition) is 4. The monoisotopic (exact) mass is 407 g/mol. The number of rotatable bonds is 7. The lowest BCUT2D eigenvalue weighted by Crippen LogP contribution is -2.50. The predicted octanol–water partition coefficient (Wildman–Crippen LogP) is 3.88. The van der Waals surface area contributed by atoms with Gasteiger partial charge in [-0.25, -0.2) is 4.79 Å². The van der Waals surface area contributed by atoms with Crippen LogP contribution in [0.15, 0.2) is 24.3 Å². The first-order valence-electron chi connectivity index (χ1n) is 9.87. The van der Waals surface area contributed by atoms with Crippen molar-refractivity contribution in [1.82, 2.24) is 15.1 Å². The van der Waals surface area contributed by atoms with Gasteiger partial charge in [0.25, 0.3) is 0 Å². The summed E-state index contributed by atoms with van der Waals surface area (Å²) in [5.74, 6) is 0.952. The average Bonchev–Trinajstić information content (AvgIpc) is 2.96. The fourth-order valence-electron chi connectivity index (χ4n) is 3.14. The summed E-state index contributed by atoms with van der Waals surface area (Å²) in [5, 5.41) is 2.93. The van der Waals surface area contributed by atoms with Crippen molar-refractivity contribution < 1.29 is 14.3 Å². The van der Waals surface area contributed by atoms with Gasteiger partial charge in [-0.15, -0.1) is 11.8 Å². The fraction of sp³-hybridized carbons (Fsp3) is 0.619. The Morgan fingerprint density at radius 2 is 1.89 bits per heavy atom. The molecule has 2 rings (SSSR count). The van der Waals surface area contributed by atoms with E-state index in [1.54, 1.807) is 23.8 Å². The Morgan fingerprint density at radius 1 is 1.25 bits per heavy atom. The van der Waals surface area contributed by atoms with E-state index in [2.05, 4.69) is 5.32 Å². The van der Waals surface area contributed by atoms with Crippen LogP contribution >= 0.6 is 11.8 Å². The number of carbonyl (C=O) groups excluding carboxylic acids is 2. The highest BCUT2D eigenvalue weighted by Crippen LogP contribution is 2.44. The number of likely N-dealkylation sites (N-methyl/N-ethyl adjacent to an activating group) is 1. The third-order valence-corrected chi connectivity index (χ3v) is 6.32. The van der Waals surface area contributed by atoms with Crippen LogP contribution in [0.3, 0.4) is 0 Å². The van der Waals surface area contributed by atoms with E-state index in [4.69, 9.17) is 4.74 Å². The number of hydrogen-bond donors (Lipinski definition) is 1. The van der Waals surface area contributed by atoms with Gasteiger partial charge >= 0.3 is 6.03 Å². The minimum Gasteiger partial charge on any atom is -0.497 e. The summed E-state index contributed by atoms with van der Waals surface area (Å²) in [5.41, 5.74) is 0.792. The van der Waals surface area contributed by atoms with Crippen molar-refractivity contribution in [3.05, 3.63) is 29.8 Å². The van der Waals surface area contributed by atoms with Gasteiger partial charge in [-0.2, -0.15) is 0 Å². The summed E-state index contributed by atoms with van der Waals surface area (Å²) in [6.07, 6.45) is 0.800. The van der Waals surface area contributed by atoms with E-state index in [0.717, 1.165) is 17.7 Å². The van der Waals surface area contributed by atoms with Crippen molar-refractivity contribution in [2.45, 2.75) is 57.2 Å². The molecule has 0 saturated carbocycles. The molecule has 1 fully saturated rings. The first-order chi connectivity index (χ1) is 13.2. The standard InChI is InChI=1S/C21H33N3O3S/c1-7-17-18(25)24(14-13-23(8-2)20(26)22-21(3,4)5)19(28-17)15-9-11-16(27-6)12-10-15/h9-12,17,19H,7-8,13-14H2,1-6H3,(H,22,26)/t17-,19-/m1/s1. The molecule has 2 atom stereocenters. The number of amides is 3. The van der Waals surface area contributed by atoms with E-state index in [0.29, 0.717) is 19.6 Å². The second-order valence-corrected chi connectivity index (χ2v) is 9.24. The van der Waals surface area contributed by atoms with Crippen LogP contribution in [0.25, 0.3) is 0 Å². The van der Waals surface area contributed by atoms with Gasteiger partial charge in [-0.3, -0.25) is 4.79 Å². The number of ether oxygens (including phenoxy) is 1. The van der Waals surface area contributed by atoms with Crippen LogP contribution in [0.5, 0.6) is 5.75 Å². The minimum atomic E-state index is -0.289. The molecule has 28 heavy (non-hydrogen) atoms. The van der Waals surface area contributed by atoms with Gasteiger partial charge in [-0.1, -0.05) is 19.1 Å². The van der Waals surface area contributed by atoms with Crippen molar-refractivity contribution in [3.8, 4) is 5.75 Å². The number of methoxy groups -OCH3 is 1. The highest BCUT2D eigenvalue weighted by Gasteiger charge is 2.40.